The number of hydrogen-bond acceptors (Lipinski definition) is 2. The van der Waals surface area contributed by atoms with E-state index in [9.17, 15) is 0 Å². The molecular formula is C14H16O2. The molecule has 0 aromatic heterocycles. The van der Waals surface area contributed by atoms with Gasteiger partial charge >= 0.3 is 0 Å². The minimum Gasteiger partial charge on any atom is -0.497 e. The molecule has 2 aromatic carbocycles. The van der Waals surface area contributed by atoms with E-state index in [0.717, 1.165) is 18.8 Å². The minimum atomic E-state index is 0.766. The zero-order valence-electron chi connectivity index (χ0n) is 9.69. The molecule has 0 radical (unpaired) electrons. The SMILES string of the molecule is COCCc1ccc2cc(OC)ccc2c1. The van der Waals surface area contributed by atoms with Gasteiger partial charge in [0.1, 0.15) is 5.75 Å². The molecular weight excluding hydrogens is 200 g/mol. The zero-order valence-corrected chi connectivity index (χ0v) is 9.69. The Labute approximate surface area is 95.8 Å². The minimum absolute atomic E-state index is 0.766. The monoisotopic (exact) mass is 216 g/mol. The molecule has 0 saturated heterocycles. The van der Waals surface area contributed by atoms with E-state index in [1.54, 1.807) is 14.2 Å². The highest BCUT2D eigenvalue weighted by molar-refractivity contribution is 5.84. The summed E-state index contributed by atoms with van der Waals surface area (Å²) in [7, 11) is 3.42. The van der Waals surface area contributed by atoms with Crippen molar-refractivity contribution in [2.24, 2.45) is 0 Å². The fraction of sp³-hybridized carbons (Fsp3) is 0.286. The number of methoxy groups -OCH3 is 2. The second kappa shape index (κ2) is 4.99. The maximum atomic E-state index is 5.20. The average Bonchev–Trinajstić information content (AvgIpc) is 2.35. The molecule has 84 valence electrons. The molecule has 2 rings (SSSR count). The lowest BCUT2D eigenvalue weighted by Gasteiger charge is -2.05. The van der Waals surface area contributed by atoms with E-state index in [4.69, 9.17) is 9.47 Å². The standard InChI is InChI=1S/C14H16O2/c1-15-8-7-11-3-4-13-10-14(16-2)6-5-12(13)9-11/h3-6,9-10H,7-8H2,1-2H3. The Morgan fingerprint density at radius 1 is 0.938 bits per heavy atom. The van der Waals surface area contributed by atoms with Gasteiger partial charge in [0.05, 0.1) is 13.7 Å². The smallest absolute Gasteiger partial charge is 0.119 e. The number of benzene rings is 2. The first-order valence-electron chi connectivity index (χ1n) is 5.39. The van der Waals surface area contributed by atoms with Gasteiger partial charge in [0.25, 0.3) is 0 Å². The van der Waals surface area contributed by atoms with Crippen LogP contribution in [0.5, 0.6) is 5.75 Å². The van der Waals surface area contributed by atoms with E-state index < -0.39 is 0 Å². The van der Waals surface area contributed by atoms with Gasteiger partial charge in [-0.3, -0.25) is 0 Å². The van der Waals surface area contributed by atoms with Gasteiger partial charge in [-0.25, -0.2) is 0 Å². The maximum Gasteiger partial charge on any atom is 0.119 e. The van der Waals surface area contributed by atoms with Crippen molar-refractivity contribution in [2.75, 3.05) is 20.8 Å². The predicted molar refractivity (Wildman–Crippen MR) is 66.1 cm³/mol. The van der Waals surface area contributed by atoms with Crippen LogP contribution in [0.25, 0.3) is 10.8 Å². The summed E-state index contributed by atoms with van der Waals surface area (Å²) in [5.74, 6) is 0.900. The molecule has 0 bridgehead atoms. The van der Waals surface area contributed by atoms with Crippen LogP contribution in [0.15, 0.2) is 36.4 Å². The van der Waals surface area contributed by atoms with Gasteiger partial charge in [0.2, 0.25) is 0 Å². The lowest BCUT2D eigenvalue weighted by molar-refractivity contribution is 0.202. The topological polar surface area (TPSA) is 18.5 Å². The van der Waals surface area contributed by atoms with E-state index in [1.807, 2.05) is 6.07 Å². The van der Waals surface area contributed by atoms with E-state index in [0.29, 0.717) is 0 Å². The molecule has 2 heteroatoms. The Bertz CT molecular complexity index is 477. The van der Waals surface area contributed by atoms with Crippen LogP contribution in [0.4, 0.5) is 0 Å². The summed E-state index contributed by atoms with van der Waals surface area (Å²) in [5, 5.41) is 2.45. The number of hydrogen-bond donors (Lipinski definition) is 0. The third-order valence-corrected chi connectivity index (χ3v) is 2.71. The van der Waals surface area contributed by atoms with Crippen LogP contribution in [-0.2, 0) is 11.2 Å². The van der Waals surface area contributed by atoms with Crippen molar-refractivity contribution in [3.05, 3.63) is 42.0 Å². The molecule has 0 amide bonds. The van der Waals surface area contributed by atoms with E-state index in [-0.39, 0.29) is 0 Å². The molecule has 0 aliphatic heterocycles. The summed E-state index contributed by atoms with van der Waals surface area (Å²) in [6.07, 6.45) is 0.957. The van der Waals surface area contributed by atoms with Crippen LogP contribution in [0.2, 0.25) is 0 Å². The van der Waals surface area contributed by atoms with Crippen molar-refractivity contribution < 1.29 is 9.47 Å². The molecule has 0 heterocycles. The summed E-state index contributed by atoms with van der Waals surface area (Å²) < 4.78 is 10.3. The molecule has 0 unspecified atom stereocenters. The van der Waals surface area contributed by atoms with Gasteiger partial charge in [-0.2, -0.15) is 0 Å². The fourth-order valence-corrected chi connectivity index (χ4v) is 1.78. The molecule has 0 fully saturated rings. The highest BCUT2D eigenvalue weighted by Gasteiger charge is 1.98. The van der Waals surface area contributed by atoms with Crippen LogP contribution in [0.3, 0.4) is 0 Å². The Hall–Kier alpha value is -1.54. The van der Waals surface area contributed by atoms with Crippen molar-refractivity contribution in [3.8, 4) is 5.75 Å². The van der Waals surface area contributed by atoms with Crippen molar-refractivity contribution in [2.45, 2.75) is 6.42 Å². The predicted octanol–water partition coefficient (Wildman–Crippen LogP) is 3.04. The van der Waals surface area contributed by atoms with Gasteiger partial charge in [0.15, 0.2) is 0 Å². The molecule has 16 heavy (non-hydrogen) atoms. The molecule has 2 aromatic rings. The van der Waals surface area contributed by atoms with E-state index in [2.05, 4.69) is 30.3 Å². The van der Waals surface area contributed by atoms with Gasteiger partial charge in [-0.1, -0.05) is 24.3 Å². The summed E-state index contributed by atoms with van der Waals surface area (Å²) in [6.45, 7) is 0.766. The lowest BCUT2D eigenvalue weighted by Crippen LogP contribution is -1.94. The van der Waals surface area contributed by atoms with Gasteiger partial charge in [-0.05, 0) is 34.9 Å². The largest absolute Gasteiger partial charge is 0.497 e. The lowest BCUT2D eigenvalue weighted by atomic mass is 10.1. The van der Waals surface area contributed by atoms with Crippen LogP contribution < -0.4 is 4.74 Å². The highest BCUT2D eigenvalue weighted by atomic mass is 16.5. The van der Waals surface area contributed by atoms with Crippen molar-refractivity contribution >= 4 is 10.8 Å². The molecule has 2 nitrogen and oxygen atoms in total. The van der Waals surface area contributed by atoms with Crippen LogP contribution in [0.1, 0.15) is 5.56 Å². The molecule has 0 N–H and O–H groups in total. The highest BCUT2D eigenvalue weighted by Crippen LogP contribution is 2.21. The zero-order chi connectivity index (χ0) is 11.4. The first kappa shape index (κ1) is 11.0. The van der Waals surface area contributed by atoms with Crippen LogP contribution >= 0.6 is 0 Å². The molecule has 0 aliphatic carbocycles. The van der Waals surface area contributed by atoms with Crippen LogP contribution in [-0.4, -0.2) is 20.8 Å². The Kier molecular flexibility index (Phi) is 3.42. The Morgan fingerprint density at radius 2 is 1.69 bits per heavy atom. The first-order valence-corrected chi connectivity index (χ1v) is 5.39. The van der Waals surface area contributed by atoms with Crippen molar-refractivity contribution in [1.29, 1.82) is 0 Å². The first-order chi connectivity index (χ1) is 7.83. The fourth-order valence-electron chi connectivity index (χ4n) is 1.78. The third kappa shape index (κ3) is 2.34. The molecule has 0 aliphatic rings. The van der Waals surface area contributed by atoms with Gasteiger partial charge in [0, 0.05) is 7.11 Å². The molecule has 0 atom stereocenters. The number of fused-ring (bicyclic) bond motifs is 1. The second-order valence-corrected chi connectivity index (χ2v) is 3.79. The summed E-state index contributed by atoms with van der Waals surface area (Å²) in [6, 6.07) is 12.6. The summed E-state index contributed by atoms with van der Waals surface area (Å²) in [5.41, 5.74) is 1.31. The number of rotatable bonds is 4. The summed E-state index contributed by atoms with van der Waals surface area (Å²) >= 11 is 0. The normalized spacial score (nSPS) is 10.6. The van der Waals surface area contributed by atoms with E-state index >= 15 is 0 Å². The molecule has 0 saturated carbocycles. The quantitative estimate of drug-likeness (QED) is 0.782. The van der Waals surface area contributed by atoms with Crippen molar-refractivity contribution in [1.82, 2.24) is 0 Å². The van der Waals surface area contributed by atoms with Gasteiger partial charge < -0.3 is 9.47 Å². The summed E-state index contributed by atoms with van der Waals surface area (Å²) in [4.78, 5) is 0. The van der Waals surface area contributed by atoms with Gasteiger partial charge in [-0.15, -0.1) is 0 Å². The Balaban J connectivity index is 2.32. The average molecular weight is 216 g/mol. The third-order valence-electron chi connectivity index (χ3n) is 2.71. The number of ether oxygens (including phenoxy) is 2. The maximum absolute atomic E-state index is 5.20. The molecule has 0 spiro atoms. The Morgan fingerprint density at radius 3 is 2.44 bits per heavy atom. The van der Waals surface area contributed by atoms with Crippen LogP contribution in [0, 0.1) is 0 Å². The van der Waals surface area contributed by atoms with Crippen molar-refractivity contribution in [3.63, 3.8) is 0 Å². The van der Waals surface area contributed by atoms with E-state index in [1.165, 1.54) is 16.3 Å². The second-order valence-electron chi connectivity index (χ2n) is 3.79.